The van der Waals surface area contributed by atoms with Crippen molar-refractivity contribution in [2.24, 2.45) is 12.8 Å². The Morgan fingerprint density at radius 3 is 2.83 bits per heavy atom. The number of primary amides is 1. The first-order valence-corrected chi connectivity index (χ1v) is 7.59. The Kier molecular flexibility index (Phi) is 4.33. The fourth-order valence-corrected chi connectivity index (χ4v) is 2.70. The standard InChI is InChI=1S/C17H19N5O2/c1-21-13(5-6-20-21)8-15-16(9-17(18)24)22(11-19-15)10-12-3-2-4-14(23)7-12/h2-7,11,23H,8-10H2,1H3,(H2,18,24). The highest BCUT2D eigenvalue weighted by molar-refractivity contribution is 5.76. The molecule has 2 heterocycles. The first-order valence-electron chi connectivity index (χ1n) is 7.59. The van der Waals surface area contributed by atoms with Gasteiger partial charge in [-0.25, -0.2) is 4.98 Å². The second-order valence-electron chi connectivity index (χ2n) is 5.70. The van der Waals surface area contributed by atoms with E-state index in [9.17, 15) is 9.90 Å². The second kappa shape index (κ2) is 6.57. The maximum atomic E-state index is 11.5. The van der Waals surface area contributed by atoms with Gasteiger partial charge in [-0.15, -0.1) is 0 Å². The SMILES string of the molecule is Cn1nccc1Cc1ncn(Cc2cccc(O)c2)c1CC(N)=O. The highest BCUT2D eigenvalue weighted by Gasteiger charge is 2.15. The molecule has 0 atom stereocenters. The van der Waals surface area contributed by atoms with E-state index in [0.29, 0.717) is 13.0 Å². The molecule has 0 aliphatic carbocycles. The summed E-state index contributed by atoms with van der Waals surface area (Å²) in [6.45, 7) is 0.509. The summed E-state index contributed by atoms with van der Waals surface area (Å²) >= 11 is 0. The molecule has 0 saturated carbocycles. The number of phenols is 1. The molecule has 7 nitrogen and oxygen atoms in total. The van der Waals surface area contributed by atoms with Crippen LogP contribution in [0.1, 0.15) is 22.6 Å². The van der Waals surface area contributed by atoms with Crippen LogP contribution in [0.3, 0.4) is 0 Å². The number of amides is 1. The quantitative estimate of drug-likeness (QED) is 0.706. The van der Waals surface area contributed by atoms with Crippen molar-refractivity contribution in [1.29, 1.82) is 0 Å². The maximum Gasteiger partial charge on any atom is 0.223 e. The average molecular weight is 325 g/mol. The lowest BCUT2D eigenvalue weighted by atomic mass is 10.1. The Morgan fingerprint density at radius 1 is 1.33 bits per heavy atom. The van der Waals surface area contributed by atoms with Crippen LogP contribution in [0.15, 0.2) is 42.9 Å². The van der Waals surface area contributed by atoms with Crippen LogP contribution in [0.5, 0.6) is 5.75 Å². The van der Waals surface area contributed by atoms with Gasteiger partial charge in [0.05, 0.1) is 24.1 Å². The summed E-state index contributed by atoms with van der Waals surface area (Å²) in [7, 11) is 1.87. The number of rotatable bonds is 6. The molecule has 0 bridgehead atoms. The van der Waals surface area contributed by atoms with Crippen LogP contribution in [0.4, 0.5) is 0 Å². The zero-order valence-electron chi connectivity index (χ0n) is 13.4. The molecule has 1 aromatic carbocycles. The molecule has 124 valence electrons. The van der Waals surface area contributed by atoms with Gasteiger partial charge in [0.25, 0.3) is 0 Å². The number of nitrogens with zero attached hydrogens (tertiary/aromatic N) is 4. The molecule has 24 heavy (non-hydrogen) atoms. The van der Waals surface area contributed by atoms with Crippen molar-refractivity contribution in [2.75, 3.05) is 0 Å². The zero-order valence-corrected chi connectivity index (χ0v) is 13.4. The summed E-state index contributed by atoms with van der Waals surface area (Å²) in [6.07, 6.45) is 4.12. The van der Waals surface area contributed by atoms with Gasteiger partial charge in [0.2, 0.25) is 5.91 Å². The molecule has 1 amide bonds. The molecule has 0 spiro atoms. The molecule has 0 aliphatic heterocycles. The van der Waals surface area contributed by atoms with E-state index >= 15 is 0 Å². The Hall–Kier alpha value is -3.09. The summed E-state index contributed by atoms with van der Waals surface area (Å²) in [5.74, 6) is -0.196. The smallest absolute Gasteiger partial charge is 0.223 e. The van der Waals surface area contributed by atoms with E-state index in [1.807, 2.05) is 23.7 Å². The minimum Gasteiger partial charge on any atom is -0.508 e. The van der Waals surface area contributed by atoms with Crippen molar-refractivity contribution >= 4 is 5.91 Å². The summed E-state index contributed by atoms with van der Waals surface area (Å²) in [5.41, 5.74) is 8.92. The van der Waals surface area contributed by atoms with Crippen molar-refractivity contribution in [3.63, 3.8) is 0 Å². The molecule has 0 unspecified atom stereocenters. The number of nitrogens with two attached hydrogens (primary N) is 1. The Morgan fingerprint density at radius 2 is 2.17 bits per heavy atom. The molecule has 0 saturated heterocycles. The second-order valence-corrected chi connectivity index (χ2v) is 5.70. The van der Waals surface area contributed by atoms with Gasteiger partial charge in [0.15, 0.2) is 0 Å². The number of hydrogen-bond acceptors (Lipinski definition) is 4. The third-order valence-corrected chi connectivity index (χ3v) is 3.91. The third kappa shape index (κ3) is 3.45. The van der Waals surface area contributed by atoms with Gasteiger partial charge in [-0.2, -0.15) is 5.10 Å². The molecule has 3 rings (SSSR count). The highest BCUT2D eigenvalue weighted by Crippen LogP contribution is 2.17. The predicted molar refractivity (Wildman–Crippen MR) is 88.3 cm³/mol. The van der Waals surface area contributed by atoms with Crippen molar-refractivity contribution < 1.29 is 9.90 Å². The lowest BCUT2D eigenvalue weighted by Crippen LogP contribution is -2.18. The number of imidazole rings is 1. The minimum atomic E-state index is -0.404. The number of phenolic OH excluding ortho intramolecular Hbond substituents is 1. The van der Waals surface area contributed by atoms with E-state index in [0.717, 1.165) is 22.6 Å². The largest absolute Gasteiger partial charge is 0.508 e. The van der Waals surface area contributed by atoms with Crippen LogP contribution in [-0.2, 0) is 31.2 Å². The Balaban J connectivity index is 1.91. The van der Waals surface area contributed by atoms with Gasteiger partial charge in [-0.3, -0.25) is 9.48 Å². The topological polar surface area (TPSA) is 99.0 Å². The average Bonchev–Trinajstić information content (AvgIpc) is 3.08. The normalized spacial score (nSPS) is 10.9. The predicted octanol–water partition coefficient (Wildman–Crippen LogP) is 0.989. The molecule has 0 fully saturated rings. The number of hydrogen-bond donors (Lipinski definition) is 2. The number of aryl methyl sites for hydroxylation is 1. The van der Waals surface area contributed by atoms with E-state index in [1.54, 1.807) is 35.4 Å². The first-order chi connectivity index (χ1) is 11.5. The van der Waals surface area contributed by atoms with Gasteiger partial charge in [-0.05, 0) is 23.8 Å². The van der Waals surface area contributed by atoms with Crippen molar-refractivity contribution in [3.05, 3.63) is 65.5 Å². The van der Waals surface area contributed by atoms with E-state index < -0.39 is 5.91 Å². The molecular weight excluding hydrogens is 306 g/mol. The van der Waals surface area contributed by atoms with Crippen LogP contribution in [0, 0.1) is 0 Å². The lowest BCUT2D eigenvalue weighted by molar-refractivity contribution is -0.117. The summed E-state index contributed by atoms with van der Waals surface area (Å²) < 4.78 is 3.67. The molecule has 2 aromatic heterocycles. The minimum absolute atomic E-state index is 0.117. The number of carbonyl (C=O) groups excluding carboxylic acids is 1. The van der Waals surface area contributed by atoms with E-state index in [-0.39, 0.29) is 12.2 Å². The zero-order chi connectivity index (χ0) is 17.1. The molecule has 0 radical (unpaired) electrons. The third-order valence-electron chi connectivity index (χ3n) is 3.91. The maximum absolute atomic E-state index is 11.5. The number of aromatic hydroxyl groups is 1. The van der Waals surface area contributed by atoms with Gasteiger partial charge in [0, 0.05) is 31.9 Å². The van der Waals surface area contributed by atoms with Crippen LogP contribution in [0.2, 0.25) is 0 Å². The van der Waals surface area contributed by atoms with E-state index in [4.69, 9.17) is 5.73 Å². The van der Waals surface area contributed by atoms with Crippen LogP contribution in [-0.4, -0.2) is 30.3 Å². The monoisotopic (exact) mass is 325 g/mol. The van der Waals surface area contributed by atoms with Crippen LogP contribution in [0.25, 0.3) is 0 Å². The van der Waals surface area contributed by atoms with Crippen molar-refractivity contribution in [3.8, 4) is 5.75 Å². The van der Waals surface area contributed by atoms with E-state index in [2.05, 4.69) is 10.1 Å². The summed E-state index contributed by atoms with van der Waals surface area (Å²) in [6, 6.07) is 8.92. The molecule has 3 aromatic rings. The summed E-state index contributed by atoms with van der Waals surface area (Å²) in [5, 5.41) is 13.8. The number of aromatic nitrogens is 4. The fraction of sp³-hybridized carbons (Fsp3) is 0.235. The Labute approximate surface area is 139 Å². The number of benzene rings is 1. The molecule has 7 heteroatoms. The molecule has 3 N–H and O–H groups in total. The highest BCUT2D eigenvalue weighted by atomic mass is 16.3. The van der Waals surface area contributed by atoms with E-state index in [1.165, 1.54) is 0 Å². The molecule has 0 aliphatic rings. The van der Waals surface area contributed by atoms with Crippen molar-refractivity contribution in [1.82, 2.24) is 19.3 Å². The van der Waals surface area contributed by atoms with Crippen molar-refractivity contribution in [2.45, 2.75) is 19.4 Å². The molecular formula is C17H19N5O2. The van der Waals surface area contributed by atoms with Crippen LogP contribution < -0.4 is 5.73 Å². The van der Waals surface area contributed by atoms with Gasteiger partial charge in [-0.1, -0.05) is 12.1 Å². The fourth-order valence-electron chi connectivity index (χ4n) is 2.70. The number of carbonyl (C=O) groups is 1. The van der Waals surface area contributed by atoms with Gasteiger partial charge < -0.3 is 15.4 Å². The van der Waals surface area contributed by atoms with Gasteiger partial charge >= 0.3 is 0 Å². The van der Waals surface area contributed by atoms with Crippen LogP contribution >= 0.6 is 0 Å². The summed E-state index contributed by atoms with van der Waals surface area (Å²) in [4.78, 5) is 15.9. The lowest BCUT2D eigenvalue weighted by Gasteiger charge is -2.10. The Bertz CT molecular complexity index is 866. The van der Waals surface area contributed by atoms with Gasteiger partial charge in [0.1, 0.15) is 5.75 Å². The first kappa shape index (κ1) is 15.8.